The molecule has 0 aliphatic rings. The Morgan fingerprint density at radius 3 is 2.67 bits per heavy atom. The molecule has 0 fully saturated rings. The molecule has 0 amide bonds. The van der Waals surface area contributed by atoms with Gasteiger partial charge in [-0.05, 0) is 35.9 Å². The molecular weight excluding hydrogens is 294 g/mol. The maximum atomic E-state index is 13.5. The predicted octanol–water partition coefficient (Wildman–Crippen LogP) is 3.55. The molecule has 3 N–H and O–H groups in total. The average Bonchev–Trinajstić information content (AvgIpc) is 2.47. The summed E-state index contributed by atoms with van der Waals surface area (Å²) in [6.07, 6.45) is 0. The number of thioether (sulfide) groups is 1. The Kier molecular flexibility index (Phi) is 4.80. The number of nitrogen functional groups attached to an aromatic ring is 1. The first-order chi connectivity index (χ1) is 10.0. The largest absolute Gasteiger partial charge is 0.496 e. The van der Waals surface area contributed by atoms with Crippen LogP contribution in [0.5, 0.6) is 5.75 Å². The standard InChI is InChI=1S/C15H14F2N2OS/c1-20-13-6-9(2-4-11(13)15(18)19)8-21-14-7-10(16)3-5-12(14)17/h2-7H,8H2,1H3,(H3,18,19). The fraction of sp³-hybridized carbons (Fsp3) is 0.133. The van der Waals surface area contributed by atoms with Crippen molar-refractivity contribution in [1.82, 2.24) is 0 Å². The molecular formula is C15H14F2N2OS. The number of nitrogens with one attached hydrogen (secondary N) is 1. The molecule has 0 atom stereocenters. The monoisotopic (exact) mass is 308 g/mol. The zero-order valence-electron chi connectivity index (χ0n) is 11.3. The van der Waals surface area contributed by atoms with E-state index in [4.69, 9.17) is 15.9 Å². The second-order valence-electron chi connectivity index (χ2n) is 4.31. The van der Waals surface area contributed by atoms with Gasteiger partial charge >= 0.3 is 0 Å². The molecule has 3 nitrogen and oxygen atoms in total. The lowest BCUT2D eigenvalue weighted by Gasteiger charge is -2.10. The van der Waals surface area contributed by atoms with Gasteiger partial charge in [0, 0.05) is 10.6 Å². The highest BCUT2D eigenvalue weighted by molar-refractivity contribution is 7.98. The number of hydrogen-bond acceptors (Lipinski definition) is 3. The molecule has 2 rings (SSSR count). The number of ether oxygens (including phenoxy) is 1. The molecule has 0 bridgehead atoms. The van der Waals surface area contributed by atoms with Gasteiger partial charge in [0.1, 0.15) is 23.2 Å². The van der Waals surface area contributed by atoms with Crippen molar-refractivity contribution in [3.63, 3.8) is 0 Å². The maximum absolute atomic E-state index is 13.5. The molecule has 6 heteroatoms. The van der Waals surface area contributed by atoms with Gasteiger partial charge in [0.15, 0.2) is 0 Å². The van der Waals surface area contributed by atoms with E-state index in [-0.39, 0.29) is 10.7 Å². The van der Waals surface area contributed by atoms with Gasteiger partial charge in [0.05, 0.1) is 12.7 Å². The van der Waals surface area contributed by atoms with Crippen LogP contribution >= 0.6 is 11.8 Å². The lowest BCUT2D eigenvalue weighted by atomic mass is 10.1. The van der Waals surface area contributed by atoms with E-state index in [0.717, 1.165) is 17.7 Å². The van der Waals surface area contributed by atoms with Gasteiger partial charge in [-0.3, -0.25) is 5.41 Å². The normalized spacial score (nSPS) is 10.4. The molecule has 0 aliphatic heterocycles. The minimum atomic E-state index is -0.469. The van der Waals surface area contributed by atoms with Gasteiger partial charge in [-0.15, -0.1) is 11.8 Å². The topological polar surface area (TPSA) is 59.1 Å². The summed E-state index contributed by atoms with van der Waals surface area (Å²) < 4.78 is 31.8. The van der Waals surface area contributed by atoms with Crippen LogP contribution in [0.4, 0.5) is 8.78 Å². The molecule has 0 saturated heterocycles. The third-order valence-electron chi connectivity index (χ3n) is 2.84. The van der Waals surface area contributed by atoms with Crippen LogP contribution in [-0.2, 0) is 5.75 Å². The third kappa shape index (κ3) is 3.72. The number of amidine groups is 1. The molecule has 0 radical (unpaired) electrons. The summed E-state index contributed by atoms with van der Waals surface area (Å²) in [7, 11) is 1.49. The number of benzene rings is 2. The number of halogens is 2. The van der Waals surface area contributed by atoms with E-state index in [1.54, 1.807) is 18.2 Å². The van der Waals surface area contributed by atoms with Gasteiger partial charge in [-0.25, -0.2) is 8.78 Å². The minimum Gasteiger partial charge on any atom is -0.496 e. The third-order valence-corrected chi connectivity index (χ3v) is 3.95. The quantitative estimate of drug-likeness (QED) is 0.504. The molecule has 0 aromatic heterocycles. The fourth-order valence-corrected chi connectivity index (χ4v) is 2.70. The summed E-state index contributed by atoms with van der Waals surface area (Å²) in [5.41, 5.74) is 6.82. The van der Waals surface area contributed by atoms with Gasteiger partial charge in [0.2, 0.25) is 0 Å². The van der Waals surface area contributed by atoms with Crippen LogP contribution in [0.25, 0.3) is 0 Å². The van der Waals surface area contributed by atoms with Crippen LogP contribution in [-0.4, -0.2) is 12.9 Å². The van der Waals surface area contributed by atoms with Gasteiger partial charge in [-0.2, -0.15) is 0 Å². The van der Waals surface area contributed by atoms with Crippen molar-refractivity contribution in [2.75, 3.05) is 7.11 Å². The van der Waals surface area contributed by atoms with E-state index in [0.29, 0.717) is 17.1 Å². The van der Waals surface area contributed by atoms with Crippen molar-refractivity contribution in [3.05, 3.63) is 59.2 Å². The Morgan fingerprint density at radius 1 is 1.24 bits per heavy atom. The Morgan fingerprint density at radius 2 is 2.00 bits per heavy atom. The molecule has 0 heterocycles. The molecule has 2 aromatic carbocycles. The molecule has 0 unspecified atom stereocenters. The van der Waals surface area contributed by atoms with Crippen LogP contribution in [0.3, 0.4) is 0 Å². The first-order valence-electron chi connectivity index (χ1n) is 6.10. The SMILES string of the molecule is COc1cc(CSc2cc(F)ccc2F)ccc1C(=N)N. The summed E-state index contributed by atoms with van der Waals surface area (Å²) in [5, 5.41) is 7.44. The number of rotatable bonds is 5. The van der Waals surface area contributed by atoms with Crippen molar-refractivity contribution < 1.29 is 13.5 Å². The zero-order valence-corrected chi connectivity index (χ0v) is 12.1. The number of nitrogens with two attached hydrogens (primary N) is 1. The Labute approximate surface area is 125 Å². The molecule has 110 valence electrons. The summed E-state index contributed by atoms with van der Waals surface area (Å²) in [6, 6.07) is 8.56. The molecule has 2 aromatic rings. The average molecular weight is 308 g/mol. The van der Waals surface area contributed by atoms with Crippen molar-refractivity contribution in [2.24, 2.45) is 5.73 Å². The Hall–Kier alpha value is -2.08. The van der Waals surface area contributed by atoms with Crippen molar-refractivity contribution in [2.45, 2.75) is 10.6 Å². The number of hydrogen-bond donors (Lipinski definition) is 2. The lowest BCUT2D eigenvalue weighted by Crippen LogP contribution is -2.12. The highest BCUT2D eigenvalue weighted by atomic mass is 32.2. The second kappa shape index (κ2) is 6.58. The summed E-state index contributed by atoms with van der Waals surface area (Å²) in [6.45, 7) is 0. The first kappa shape index (κ1) is 15.3. The number of methoxy groups -OCH3 is 1. The molecule has 0 spiro atoms. The molecule has 21 heavy (non-hydrogen) atoms. The summed E-state index contributed by atoms with van der Waals surface area (Å²) in [4.78, 5) is 0.254. The highest BCUT2D eigenvalue weighted by Gasteiger charge is 2.09. The summed E-state index contributed by atoms with van der Waals surface area (Å²) >= 11 is 1.19. The van der Waals surface area contributed by atoms with Crippen LogP contribution < -0.4 is 10.5 Å². The fourth-order valence-electron chi connectivity index (χ4n) is 1.80. The van der Waals surface area contributed by atoms with E-state index >= 15 is 0 Å². The summed E-state index contributed by atoms with van der Waals surface area (Å²) in [5.74, 6) is -0.0609. The van der Waals surface area contributed by atoms with Crippen LogP contribution in [0.1, 0.15) is 11.1 Å². The van der Waals surface area contributed by atoms with Crippen LogP contribution in [0.2, 0.25) is 0 Å². The van der Waals surface area contributed by atoms with Crippen molar-refractivity contribution in [3.8, 4) is 5.75 Å². The minimum absolute atomic E-state index is 0.0813. The smallest absolute Gasteiger partial charge is 0.136 e. The van der Waals surface area contributed by atoms with E-state index in [9.17, 15) is 8.78 Å². The van der Waals surface area contributed by atoms with Gasteiger partial charge < -0.3 is 10.5 Å². The van der Waals surface area contributed by atoms with Gasteiger partial charge in [0.25, 0.3) is 0 Å². The molecule has 0 saturated carbocycles. The van der Waals surface area contributed by atoms with Crippen LogP contribution in [0, 0.1) is 17.0 Å². The first-order valence-corrected chi connectivity index (χ1v) is 7.09. The highest BCUT2D eigenvalue weighted by Crippen LogP contribution is 2.28. The predicted molar refractivity (Wildman–Crippen MR) is 79.9 cm³/mol. The Bertz CT molecular complexity index is 677. The molecule has 0 aliphatic carbocycles. The van der Waals surface area contributed by atoms with Crippen LogP contribution in [0.15, 0.2) is 41.3 Å². The van der Waals surface area contributed by atoms with E-state index < -0.39 is 11.6 Å². The van der Waals surface area contributed by atoms with Crippen molar-refractivity contribution >= 4 is 17.6 Å². The van der Waals surface area contributed by atoms with Gasteiger partial charge in [-0.1, -0.05) is 6.07 Å². The lowest BCUT2D eigenvalue weighted by molar-refractivity contribution is 0.413. The van der Waals surface area contributed by atoms with E-state index in [2.05, 4.69) is 0 Å². The second-order valence-corrected chi connectivity index (χ2v) is 5.33. The maximum Gasteiger partial charge on any atom is 0.136 e. The zero-order chi connectivity index (χ0) is 15.4. The van der Waals surface area contributed by atoms with Crippen molar-refractivity contribution in [1.29, 1.82) is 5.41 Å². The Balaban J connectivity index is 2.17. The van der Waals surface area contributed by atoms with E-state index in [1.165, 1.54) is 24.9 Å². The van der Waals surface area contributed by atoms with E-state index in [1.807, 2.05) is 0 Å².